The molecule has 6 nitrogen and oxygen atoms in total. The summed E-state index contributed by atoms with van der Waals surface area (Å²) in [6.45, 7) is 0. The van der Waals surface area contributed by atoms with E-state index >= 15 is 0 Å². The summed E-state index contributed by atoms with van der Waals surface area (Å²) < 4.78 is 9.74. The molecule has 1 rings (SSSR count). The standard InChI is InChI=1S/C8H10N4O2/c1-13-7-6(10)5(3-4-9)11-8(12-7)14-2/h3,10H2,1-2H3. The molecule has 0 saturated heterocycles. The summed E-state index contributed by atoms with van der Waals surface area (Å²) in [5, 5.41) is 8.52. The Hall–Kier alpha value is -2.03. The van der Waals surface area contributed by atoms with Crippen molar-refractivity contribution in [2.45, 2.75) is 6.42 Å². The van der Waals surface area contributed by atoms with E-state index in [0.717, 1.165) is 0 Å². The van der Waals surface area contributed by atoms with Gasteiger partial charge in [-0.05, 0) is 0 Å². The van der Waals surface area contributed by atoms with Crippen LogP contribution in [0.3, 0.4) is 0 Å². The highest BCUT2D eigenvalue weighted by Crippen LogP contribution is 2.23. The molecule has 1 aromatic heterocycles. The van der Waals surface area contributed by atoms with Crippen LogP contribution in [-0.4, -0.2) is 24.2 Å². The van der Waals surface area contributed by atoms with Gasteiger partial charge in [-0.2, -0.15) is 15.2 Å². The molecule has 74 valence electrons. The minimum Gasteiger partial charge on any atom is -0.479 e. The molecular formula is C8H10N4O2. The Kier molecular flexibility index (Phi) is 3.07. The summed E-state index contributed by atoms with van der Waals surface area (Å²) in [4.78, 5) is 7.79. The number of methoxy groups -OCH3 is 2. The van der Waals surface area contributed by atoms with Gasteiger partial charge in [0.2, 0.25) is 5.88 Å². The molecular weight excluding hydrogens is 184 g/mol. The van der Waals surface area contributed by atoms with Gasteiger partial charge in [0.1, 0.15) is 5.69 Å². The van der Waals surface area contributed by atoms with Gasteiger partial charge in [0, 0.05) is 0 Å². The molecule has 0 aliphatic heterocycles. The molecule has 6 heteroatoms. The van der Waals surface area contributed by atoms with Crippen LogP contribution in [0.2, 0.25) is 0 Å². The van der Waals surface area contributed by atoms with Gasteiger partial charge in [0.05, 0.1) is 32.4 Å². The summed E-state index contributed by atoms with van der Waals surface area (Å²) in [7, 11) is 2.87. The van der Waals surface area contributed by atoms with Crippen LogP contribution in [0.15, 0.2) is 0 Å². The number of hydrogen-bond acceptors (Lipinski definition) is 6. The van der Waals surface area contributed by atoms with Crippen molar-refractivity contribution in [2.24, 2.45) is 0 Å². The number of rotatable bonds is 3. The highest BCUT2D eigenvalue weighted by molar-refractivity contribution is 5.53. The van der Waals surface area contributed by atoms with Crippen molar-refractivity contribution in [3.05, 3.63) is 5.69 Å². The van der Waals surface area contributed by atoms with Crippen LogP contribution in [0.1, 0.15) is 5.69 Å². The number of hydrogen-bond donors (Lipinski definition) is 1. The van der Waals surface area contributed by atoms with Crippen LogP contribution >= 0.6 is 0 Å². The number of nitrogen functional groups attached to an aromatic ring is 1. The first-order valence-electron chi connectivity index (χ1n) is 3.84. The highest BCUT2D eigenvalue weighted by atomic mass is 16.5. The molecule has 0 radical (unpaired) electrons. The number of aromatic nitrogens is 2. The quantitative estimate of drug-likeness (QED) is 0.735. The van der Waals surface area contributed by atoms with Gasteiger partial charge in [-0.1, -0.05) is 0 Å². The third-order valence-corrected chi connectivity index (χ3v) is 1.59. The van der Waals surface area contributed by atoms with Gasteiger partial charge in [-0.25, -0.2) is 0 Å². The molecule has 0 saturated carbocycles. The Labute approximate surface area is 81.3 Å². The van der Waals surface area contributed by atoms with Crippen molar-refractivity contribution >= 4 is 5.69 Å². The second-order valence-corrected chi connectivity index (χ2v) is 2.41. The van der Waals surface area contributed by atoms with E-state index in [4.69, 9.17) is 20.5 Å². The maximum absolute atomic E-state index is 8.52. The summed E-state index contributed by atoms with van der Waals surface area (Å²) in [6.07, 6.45) is 0.0983. The van der Waals surface area contributed by atoms with E-state index in [-0.39, 0.29) is 24.0 Å². The molecule has 2 N–H and O–H groups in total. The highest BCUT2D eigenvalue weighted by Gasteiger charge is 2.11. The predicted octanol–water partition coefficient (Wildman–Crippen LogP) is 0.142. The van der Waals surface area contributed by atoms with Crippen molar-refractivity contribution in [2.75, 3.05) is 20.0 Å². The third-order valence-electron chi connectivity index (χ3n) is 1.59. The van der Waals surface area contributed by atoms with Gasteiger partial charge in [0.25, 0.3) is 0 Å². The molecule has 0 aliphatic carbocycles. The zero-order valence-corrected chi connectivity index (χ0v) is 7.94. The topological polar surface area (TPSA) is 94.0 Å². The van der Waals surface area contributed by atoms with E-state index in [0.29, 0.717) is 5.69 Å². The third kappa shape index (κ3) is 1.82. The first kappa shape index (κ1) is 10.1. The lowest BCUT2D eigenvalue weighted by atomic mass is 10.3. The Morgan fingerprint density at radius 2 is 2.07 bits per heavy atom. The Morgan fingerprint density at radius 1 is 1.36 bits per heavy atom. The van der Waals surface area contributed by atoms with Crippen LogP contribution in [0.5, 0.6) is 11.9 Å². The van der Waals surface area contributed by atoms with Gasteiger partial charge in [-0.3, -0.25) is 0 Å². The van der Waals surface area contributed by atoms with Crippen molar-refractivity contribution in [1.82, 2.24) is 9.97 Å². The van der Waals surface area contributed by atoms with Crippen LogP contribution in [-0.2, 0) is 6.42 Å². The van der Waals surface area contributed by atoms with Crippen molar-refractivity contribution in [1.29, 1.82) is 5.26 Å². The number of nitrogens with zero attached hydrogens (tertiary/aromatic N) is 3. The lowest BCUT2D eigenvalue weighted by molar-refractivity contribution is 0.352. The maximum Gasteiger partial charge on any atom is 0.319 e. The van der Waals surface area contributed by atoms with Crippen LogP contribution < -0.4 is 15.2 Å². The van der Waals surface area contributed by atoms with E-state index in [1.807, 2.05) is 6.07 Å². The Balaban J connectivity index is 3.21. The minimum absolute atomic E-state index is 0.0983. The normalized spacial score (nSPS) is 9.21. The summed E-state index contributed by atoms with van der Waals surface area (Å²) in [5.74, 6) is 0.224. The first-order chi connectivity index (χ1) is 6.72. The fourth-order valence-electron chi connectivity index (χ4n) is 0.928. The lowest BCUT2D eigenvalue weighted by Crippen LogP contribution is -2.05. The van der Waals surface area contributed by atoms with Crippen molar-refractivity contribution in [3.63, 3.8) is 0 Å². The fraction of sp³-hybridized carbons (Fsp3) is 0.375. The van der Waals surface area contributed by atoms with Crippen LogP contribution in [0, 0.1) is 11.3 Å². The molecule has 14 heavy (non-hydrogen) atoms. The molecule has 0 spiro atoms. The average molecular weight is 194 g/mol. The Morgan fingerprint density at radius 3 is 2.57 bits per heavy atom. The SMILES string of the molecule is COc1nc(CC#N)c(N)c(OC)n1. The Bertz CT molecular complexity index is 372. The molecule has 0 bridgehead atoms. The monoisotopic (exact) mass is 194 g/mol. The largest absolute Gasteiger partial charge is 0.479 e. The number of nitriles is 1. The van der Waals surface area contributed by atoms with Gasteiger partial charge in [-0.15, -0.1) is 0 Å². The lowest BCUT2D eigenvalue weighted by Gasteiger charge is -2.07. The van der Waals surface area contributed by atoms with E-state index in [1.54, 1.807) is 0 Å². The summed E-state index contributed by atoms with van der Waals surface area (Å²) >= 11 is 0. The second kappa shape index (κ2) is 4.28. The van der Waals surface area contributed by atoms with Crippen LogP contribution in [0.25, 0.3) is 0 Å². The summed E-state index contributed by atoms with van der Waals surface area (Å²) in [6, 6.07) is 2.09. The minimum atomic E-state index is 0.0983. The van der Waals surface area contributed by atoms with Crippen LogP contribution in [0.4, 0.5) is 5.69 Å². The first-order valence-corrected chi connectivity index (χ1v) is 3.84. The van der Waals surface area contributed by atoms with Crippen molar-refractivity contribution in [3.8, 4) is 18.0 Å². The second-order valence-electron chi connectivity index (χ2n) is 2.41. The van der Waals surface area contributed by atoms with E-state index in [1.165, 1.54) is 14.2 Å². The molecule has 0 aromatic carbocycles. The molecule has 0 fully saturated rings. The zero-order valence-electron chi connectivity index (χ0n) is 7.94. The number of nitrogens with two attached hydrogens (primary N) is 1. The van der Waals surface area contributed by atoms with Gasteiger partial charge in [0.15, 0.2) is 0 Å². The molecule has 0 atom stereocenters. The zero-order chi connectivity index (χ0) is 10.6. The van der Waals surface area contributed by atoms with Crippen molar-refractivity contribution < 1.29 is 9.47 Å². The predicted molar refractivity (Wildman–Crippen MR) is 48.9 cm³/mol. The molecule has 1 heterocycles. The van der Waals surface area contributed by atoms with Gasteiger partial charge < -0.3 is 15.2 Å². The number of anilines is 1. The maximum atomic E-state index is 8.52. The smallest absolute Gasteiger partial charge is 0.319 e. The number of ether oxygens (including phenoxy) is 2. The van der Waals surface area contributed by atoms with E-state index in [2.05, 4.69) is 9.97 Å². The molecule has 0 unspecified atom stereocenters. The van der Waals surface area contributed by atoms with Gasteiger partial charge >= 0.3 is 6.01 Å². The van der Waals surface area contributed by atoms with E-state index < -0.39 is 0 Å². The average Bonchev–Trinajstić information content (AvgIpc) is 2.21. The van der Waals surface area contributed by atoms with E-state index in [9.17, 15) is 0 Å². The summed E-state index contributed by atoms with van der Waals surface area (Å²) in [5.41, 5.74) is 6.33. The molecule has 0 aliphatic rings. The molecule has 1 aromatic rings. The molecule has 0 amide bonds. The fourth-order valence-corrected chi connectivity index (χ4v) is 0.928.